The van der Waals surface area contributed by atoms with Gasteiger partial charge in [0.1, 0.15) is 5.75 Å². The van der Waals surface area contributed by atoms with Crippen LogP contribution in [0.2, 0.25) is 0 Å². The molecule has 1 aromatic heterocycles. The van der Waals surface area contributed by atoms with E-state index in [4.69, 9.17) is 9.29 Å². The lowest BCUT2D eigenvalue weighted by Crippen LogP contribution is -2.47. The lowest BCUT2D eigenvalue weighted by Gasteiger charge is -2.36. The van der Waals surface area contributed by atoms with Gasteiger partial charge in [-0.3, -0.25) is 14.2 Å². The second-order valence-electron chi connectivity index (χ2n) is 7.89. The van der Waals surface area contributed by atoms with Crippen LogP contribution in [0.5, 0.6) is 5.75 Å². The molecule has 0 atom stereocenters. The Hall–Kier alpha value is -2.63. The molecule has 2 aromatic rings. The Morgan fingerprint density at radius 3 is 2.44 bits per heavy atom. The second kappa shape index (κ2) is 10.8. The van der Waals surface area contributed by atoms with Crippen LogP contribution < -0.4 is 20.5 Å². The number of nitrogens with one attached hydrogen (secondary N) is 2. The van der Waals surface area contributed by atoms with Crippen LogP contribution in [-0.4, -0.2) is 80.7 Å². The molecule has 1 fully saturated rings. The number of anilines is 2. The summed E-state index contributed by atoms with van der Waals surface area (Å²) in [6, 6.07) is 8.27. The lowest BCUT2D eigenvalue weighted by atomic mass is 10.0. The van der Waals surface area contributed by atoms with Crippen molar-refractivity contribution in [3.8, 4) is 5.75 Å². The van der Waals surface area contributed by atoms with Crippen LogP contribution in [0.15, 0.2) is 29.1 Å². The summed E-state index contributed by atoms with van der Waals surface area (Å²) in [5, 5.41) is 10.4. The first kappa shape index (κ1) is 24.0. The average molecular weight is 466 g/mol. The van der Waals surface area contributed by atoms with Gasteiger partial charge in [0.15, 0.2) is 0 Å². The van der Waals surface area contributed by atoms with E-state index in [-0.39, 0.29) is 5.56 Å². The average Bonchev–Trinajstić information content (AvgIpc) is 2.78. The van der Waals surface area contributed by atoms with Crippen molar-refractivity contribution < 1.29 is 17.7 Å². The Morgan fingerprint density at radius 1 is 1.16 bits per heavy atom. The van der Waals surface area contributed by atoms with Crippen LogP contribution in [0, 0.1) is 0 Å². The van der Waals surface area contributed by atoms with Crippen molar-refractivity contribution in [1.29, 1.82) is 0 Å². The van der Waals surface area contributed by atoms with Crippen molar-refractivity contribution in [3.05, 3.63) is 45.9 Å². The van der Waals surface area contributed by atoms with Gasteiger partial charge in [0, 0.05) is 56.9 Å². The van der Waals surface area contributed by atoms with Crippen LogP contribution in [0.1, 0.15) is 17.7 Å². The molecule has 3 N–H and O–H groups in total. The van der Waals surface area contributed by atoms with Crippen molar-refractivity contribution in [2.45, 2.75) is 19.3 Å². The number of benzene rings is 1. The summed E-state index contributed by atoms with van der Waals surface area (Å²) >= 11 is 0. The van der Waals surface area contributed by atoms with E-state index in [1.165, 1.54) is 5.69 Å². The van der Waals surface area contributed by atoms with E-state index in [1.807, 2.05) is 12.1 Å². The Bertz CT molecular complexity index is 1040. The molecule has 0 radical (unpaired) electrons. The topological polar surface area (TPSA) is 128 Å². The molecule has 11 heteroatoms. The molecule has 0 aliphatic carbocycles. The first-order valence-corrected chi connectivity index (χ1v) is 12.5. The number of fused-ring (bicyclic) bond motifs is 1. The maximum Gasteiger partial charge on any atom is 0.269 e. The Morgan fingerprint density at radius 2 is 1.81 bits per heavy atom. The molecule has 4 rings (SSSR count). The van der Waals surface area contributed by atoms with Gasteiger partial charge in [-0.2, -0.15) is 13.5 Å². The van der Waals surface area contributed by atoms with Crippen LogP contribution in [0.3, 0.4) is 0 Å². The molecule has 2 aliphatic rings. The molecule has 0 saturated carbocycles. The van der Waals surface area contributed by atoms with Crippen molar-refractivity contribution in [1.82, 2.24) is 15.1 Å². The molecule has 10 nitrogen and oxygen atoms in total. The summed E-state index contributed by atoms with van der Waals surface area (Å²) < 4.78 is 31.1. The highest BCUT2D eigenvalue weighted by Crippen LogP contribution is 2.23. The van der Waals surface area contributed by atoms with Gasteiger partial charge in [0.25, 0.3) is 15.7 Å². The minimum Gasteiger partial charge on any atom is -0.497 e. The standard InChI is InChI=1S/C20H27N5O2.CH4O3S/c1-27-16-6-4-15(5-7-16)25-13-11-24(12-14-25)10-8-18-19-17(3-2-9-21-19)20(26)23-22-18;1-5(2,3)4/h4-7,21H,2-3,8-14H2,1H3,(H,23,26);1H3,(H,2,3,4). The first-order chi connectivity index (χ1) is 15.2. The number of hydrogen-bond acceptors (Lipinski definition) is 8. The highest BCUT2D eigenvalue weighted by molar-refractivity contribution is 7.85. The van der Waals surface area contributed by atoms with E-state index in [2.05, 4.69) is 37.4 Å². The van der Waals surface area contributed by atoms with Gasteiger partial charge in [-0.15, -0.1) is 0 Å². The number of rotatable bonds is 5. The summed E-state index contributed by atoms with van der Waals surface area (Å²) in [7, 11) is -1.97. The van der Waals surface area contributed by atoms with Gasteiger partial charge in [-0.05, 0) is 37.1 Å². The normalized spacial score (nSPS) is 16.4. The van der Waals surface area contributed by atoms with E-state index < -0.39 is 10.1 Å². The summed E-state index contributed by atoms with van der Waals surface area (Å²) in [5.41, 5.74) is 4.03. The molecule has 1 saturated heterocycles. The molecule has 0 bridgehead atoms. The minimum absolute atomic E-state index is 0.0472. The summed E-state index contributed by atoms with van der Waals surface area (Å²) in [6.07, 6.45) is 3.42. The number of ether oxygens (including phenoxy) is 1. The van der Waals surface area contributed by atoms with Gasteiger partial charge in [-0.25, -0.2) is 5.10 Å². The van der Waals surface area contributed by atoms with E-state index in [1.54, 1.807) is 7.11 Å². The lowest BCUT2D eigenvalue weighted by molar-refractivity contribution is 0.260. The molecule has 2 aliphatic heterocycles. The molecule has 1 aromatic carbocycles. The van der Waals surface area contributed by atoms with Crippen molar-refractivity contribution in [3.63, 3.8) is 0 Å². The Balaban J connectivity index is 0.000000523. The number of nitrogens with zero attached hydrogens (tertiary/aromatic N) is 3. The summed E-state index contributed by atoms with van der Waals surface area (Å²) in [5.74, 6) is 0.891. The summed E-state index contributed by atoms with van der Waals surface area (Å²) in [6.45, 7) is 5.98. The highest BCUT2D eigenvalue weighted by atomic mass is 32.2. The second-order valence-corrected chi connectivity index (χ2v) is 9.36. The Kier molecular flexibility index (Phi) is 8.10. The SMILES string of the molecule is COc1ccc(N2CCN(CCc3n[nH]c(=O)c4c3NCCC4)CC2)cc1.CS(=O)(=O)O. The predicted molar refractivity (Wildman–Crippen MR) is 124 cm³/mol. The van der Waals surface area contributed by atoms with Gasteiger partial charge < -0.3 is 15.0 Å². The molecule has 32 heavy (non-hydrogen) atoms. The number of methoxy groups -OCH3 is 1. The van der Waals surface area contributed by atoms with Crippen LogP contribution in [-0.2, 0) is 23.0 Å². The molecule has 176 valence electrons. The zero-order valence-electron chi connectivity index (χ0n) is 18.5. The van der Waals surface area contributed by atoms with Crippen molar-refractivity contribution in [2.75, 3.05) is 62.9 Å². The fraction of sp³-hybridized carbons (Fsp3) is 0.524. The van der Waals surface area contributed by atoms with E-state index in [0.29, 0.717) is 6.26 Å². The highest BCUT2D eigenvalue weighted by Gasteiger charge is 2.20. The van der Waals surface area contributed by atoms with Crippen molar-refractivity contribution in [2.24, 2.45) is 0 Å². The van der Waals surface area contributed by atoms with Gasteiger partial charge >= 0.3 is 0 Å². The first-order valence-electron chi connectivity index (χ1n) is 10.6. The number of H-pyrrole nitrogens is 1. The van der Waals surface area contributed by atoms with Crippen LogP contribution >= 0.6 is 0 Å². The number of aromatic amines is 1. The molecular formula is C21H31N5O5S. The third kappa shape index (κ3) is 6.94. The van der Waals surface area contributed by atoms with E-state index >= 15 is 0 Å². The number of piperazine rings is 1. The van der Waals surface area contributed by atoms with Gasteiger partial charge in [0.05, 0.1) is 24.7 Å². The monoisotopic (exact) mass is 465 g/mol. The minimum atomic E-state index is -3.67. The number of hydrogen-bond donors (Lipinski definition) is 3. The van der Waals surface area contributed by atoms with E-state index in [9.17, 15) is 13.2 Å². The third-order valence-electron chi connectivity index (χ3n) is 5.54. The third-order valence-corrected chi connectivity index (χ3v) is 5.54. The van der Waals surface area contributed by atoms with E-state index in [0.717, 1.165) is 81.2 Å². The van der Waals surface area contributed by atoms with Crippen LogP contribution in [0.25, 0.3) is 0 Å². The van der Waals surface area contributed by atoms with Crippen molar-refractivity contribution >= 4 is 21.5 Å². The molecule has 0 amide bonds. The molecular weight excluding hydrogens is 434 g/mol. The Labute approximate surface area is 188 Å². The molecule has 3 heterocycles. The number of aromatic nitrogens is 2. The smallest absolute Gasteiger partial charge is 0.269 e. The van der Waals surface area contributed by atoms with Gasteiger partial charge in [0.2, 0.25) is 0 Å². The molecule has 0 spiro atoms. The molecule has 0 unspecified atom stereocenters. The maximum atomic E-state index is 12.0. The van der Waals surface area contributed by atoms with Gasteiger partial charge in [-0.1, -0.05) is 0 Å². The maximum absolute atomic E-state index is 12.0. The summed E-state index contributed by atoms with van der Waals surface area (Å²) in [4.78, 5) is 16.8. The fourth-order valence-corrected chi connectivity index (χ4v) is 3.92. The largest absolute Gasteiger partial charge is 0.497 e. The fourth-order valence-electron chi connectivity index (χ4n) is 3.92. The quantitative estimate of drug-likeness (QED) is 0.554. The predicted octanol–water partition coefficient (Wildman–Crippen LogP) is 1.01. The zero-order valence-corrected chi connectivity index (χ0v) is 19.3. The van der Waals surface area contributed by atoms with Crippen LogP contribution in [0.4, 0.5) is 11.4 Å². The zero-order chi connectivity index (χ0) is 23.1.